The number of likely N-dealkylation sites (N-methyl/N-ethyl adjacent to an activating group) is 1. The van der Waals surface area contributed by atoms with E-state index in [4.69, 9.17) is 0 Å². The fraction of sp³-hybridized carbons (Fsp3) is 0.471. The van der Waals surface area contributed by atoms with Crippen LogP contribution in [-0.4, -0.2) is 55.3 Å². The highest BCUT2D eigenvalue weighted by Gasteiger charge is 2.23. The summed E-state index contributed by atoms with van der Waals surface area (Å²) in [5, 5.41) is 8.18. The van der Waals surface area contributed by atoms with Gasteiger partial charge in [-0.15, -0.1) is 0 Å². The molecule has 1 aliphatic carbocycles. The van der Waals surface area contributed by atoms with Gasteiger partial charge < -0.3 is 16.0 Å². The summed E-state index contributed by atoms with van der Waals surface area (Å²) in [6.07, 6.45) is 2.06. The molecule has 0 atom stereocenters. The van der Waals surface area contributed by atoms with Crippen molar-refractivity contribution in [3.8, 4) is 0 Å². The lowest BCUT2D eigenvalue weighted by atomic mass is 10.2. The fourth-order valence-corrected chi connectivity index (χ4v) is 2.72. The van der Waals surface area contributed by atoms with Crippen LogP contribution in [-0.2, 0) is 14.4 Å². The van der Waals surface area contributed by atoms with Crippen LogP contribution >= 0.6 is 15.9 Å². The second kappa shape index (κ2) is 8.96. The van der Waals surface area contributed by atoms with E-state index in [0.717, 1.165) is 22.9 Å². The van der Waals surface area contributed by atoms with Gasteiger partial charge in [-0.25, -0.2) is 0 Å². The molecule has 0 radical (unpaired) electrons. The van der Waals surface area contributed by atoms with Crippen molar-refractivity contribution in [3.05, 3.63) is 28.2 Å². The lowest BCUT2D eigenvalue weighted by molar-refractivity contribution is -0.126. The van der Waals surface area contributed by atoms with Crippen LogP contribution in [0.25, 0.3) is 0 Å². The van der Waals surface area contributed by atoms with Gasteiger partial charge in [0.25, 0.3) is 0 Å². The number of rotatable bonds is 8. The Balaban J connectivity index is 1.67. The molecule has 2 rings (SSSR count). The third kappa shape index (κ3) is 7.23. The Kier molecular flexibility index (Phi) is 6.95. The summed E-state index contributed by atoms with van der Waals surface area (Å²) in [7, 11) is 1.69. The highest BCUT2D eigenvalue weighted by molar-refractivity contribution is 9.10. The monoisotopic (exact) mass is 410 g/mol. The van der Waals surface area contributed by atoms with Gasteiger partial charge in [-0.3, -0.25) is 19.3 Å². The number of amides is 3. The van der Waals surface area contributed by atoms with E-state index in [1.54, 1.807) is 18.0 Å². The standard InChI is InChI=1S/C17H23BrN4O3/c1-11-7-12(18)3-6-14(11)21-15(23)8-19-16(24)9-22(2)10-17(25)20-13-4-5-13/h3,6-7,13H,4-5,8-10H2,1-2H3,(H,19,24)(H,20,25)(H,21,23). The fourth-order valence-electron chi connectivity index (χ4n) is 2.24. The number of hydrogen-bond acceptors (Lipinski definition) is 4. The van der Waals surface area contributed by atoms with Crippen LogP contribution in [0.15, 0.2) is 22.7 Å². The van der Waals surface area contributed by atoms with Crippen LogP contribution in [0.2, 0.25) is 0 Å². The van der Waals surface area contributed by atoms with Gasteiger partial charge in [-0.05, 0) is 50.6 Å². The van der Waals surface area contributed by atoms with Crippen LogP contribution < -0.4 is 16.0 Å². The Morgan fingerprint density at radius 1 is 1.16 bits per heavy atom. The minimum atomic E-state index is -0.301. The van der Waals surface area contributed by atoms with Gasteiger partial charge in [0.15, 0.2) is 0 Å². The van der Waals surface area contributed by atoms with Crippen LogP contribution in [0.1, 0.15) is 18.4 Å². The second-order valence-electron chi connectivity index (χ2n) is 6.30. The van der Waals surface area contributed by atoms with Crippen LogP contribution in [0, 0.1) is 6.92 Å². The second-order valence-corrected chi connectivity index (χ2v) is 7.21. The Morgan fingerprint density at radius 3 is 2.48 bits per heavy atom. The SMILES string of the molecule is Cc1cc(Br)ccc1NC(=O)CNC(=O)CN(C)CC(=O)NC1CC1. The van der Waals surface area contributed by atoms with Crippen molar-refractivity contribution in [2.24, 2.45) is 0 Å². The first-order valence-corrected chi connectivity index (χ1v) is 8.93. The van der Waals surface area contributed by atoms with Gasteiger partial charge in [0.05, 0.1) is 19.6 Å². The average Bonchev–Trinajstić information content (AvgIpc) is 3.31. The number of carbonyl (C=O) groups excluding carboxylic acids is 3. The molecule has 0 spiro atoms. The molecular formula is C17H23BrN4O3. The average molecular weight is 411 g/mol. The maximum Gasteiger partial charge on any atom is 0.243 e. The molecule has 0 heterocycles. The number of nitrogens with zero attached hydrogens (tertiary/aromatic N) is 1. The van der Waals surface area contributed by atoms with Crippen molar-refractivity contribution in [2.45, 2.75) is 25.8 Å². The van der Waals surface area contributed by atoms with Gasteiger partial charge in [0.1, 0.15) is 0 Å². The first-order valence-electron chi connectivity index (χ1n) is 8.14. The number of hydrogen-bond donors (Lipinski definition) is 3. The third-order valence-electron chi connectivity index (χ3n) is 3.68. The summed E-state index contributed by atoms with van der Waals surface area (Å²) in [6.45, 7) is 1.99. The molecule has 0 aliphatic heterocycles. The van der Waals surface area contributed by atoms with E-state index >= 15 is 0 Å². The first kappa shape index (κ1) is 19.4. The molecule has 25 heavy (non-hydrogen) atoms. The Morgan fingerprint density at radius 2 is 1.84 bits per heavy atom. The lowest BCUT2D eigenvalue weighted by Gasteiger charge is -2.16. The van der Waals surface area contributed by atoms with Crippen molar-refractivity contribution in [2.75, 3.05) is 32.0 Å². The molecule has 1 aromatic carbocycles. The van der Waals surface area contributed by atoms with E-state index in [9.17, 15) is 14.4 Å². The van der Waals surface area contributed by atoms with Gasteiger partial charge in [0.2, 0.25) is 17.7 Å². The van der Waals surface area contributed by atoms with Crippen molar-refractivity contribution >= 4 is 39.3 Å². The summed E-state index contributed by atoms with van der Waals surface area (Å²) >= 11 is 3.37. The summed E-state index contributed by atoms with van der Waals surface area (Å²) in [5.74, 6) is -0.682. The van der Waals surface area contributed by atoms with E-state index in [2.05, 4.69) is 31.9 Å². The molecule has 1 aliphatic rings. The van der Waals surface area contributed by atoms with Crippen molar-refractivity contribution in [1.29, 1.82) is 0 Å². The van der Waals surface area contributed by atoms with Crippen LogP contribution in [0.3, 0.4) is 0 Å². The minimum Gasteiger partial charge on any atom is -0.352 e. The zero-order valence-electron chi connectivity index (χ0n) is 14.4. The summed E-state index contributed by atoms with van der Waals surface area (Å²) in [5.41, 5.74) is 1.63. The predicted octanol–water partition coefficient (Wildman–Crippen LogP) is 1.02. The molecule has 1 saturated carbocycles. The molecule has 0 aromatic heterocycles. The normalized spacial score (nSPS) is 13.4. The molecule has 0 bridgehead atoms. The van der Waals surface area contributed by atoms with Crippen LogP contribution in [0.4, 0.5) is 5.69 Å². The molecule has 3 amide bonds. The number of halogens is 1. The molecule has 7 nitrogen and oxygen atoms in total. The summed E-state index contributed by atoms with van der Waals surface area (Å²) < 4.78 is 0.935. The zero-order valence-corrected chi connectivity index (χ0v) is 16.0. The quantitative estimate of drug-likeness (QED) is 0.596. The molecule has 1 aromatic rings. The Labute approximate surface area is 155 Å². The molecule has 0 saturated heterocycles. The van der Waals surface area contributed by atoms with Crippen molar-refractivity contribution in [1.82, 2.24) is 15.5 Å². The smallest absolute Gasteiger partial charge is 0.243 e. The number of benzene rings is 1. The van der Waals surface area contributed by atoms with Crippen molar-refractivity contribution < 1.29 is 14.4 Å². The van der Waals surface area contributed by atoms with E-state index in [1.807, 2.05) is 19.1 Å². The molecule has 136 valence electrons. The van der Waals surface area contributed by atoms with Crippen LogP contribution in [0.5, 0.6) is 0 Å². The molecular weight excluding hydrogens is 388 g/mol. The predicted molar refractivity (Wildman–Crippen MR) is 99.2 cm³/mol. The van der Waals surface area contributed by atoms with E-state index in [1.165, 1.54) is 0 Å². The van der Waals surface area contributed by atoms with E-state index in [-0.39, 0.29) is 37.4 Å². The topological polar surface area (TPSA) is 90.5 Å². The summed E-state index contributed by atoms with van der Waals surface area (Å²) in [4.78, 5) is 37.1. The molecule has 1 fully saturated rings. The van der Waals surface area contributed by atoms with E-state index in [0.29, 0.717) is 11.7 Å². The highest BCUT2D eigenvalue weighted by Crippen LogP contribution is 2.20. The van der Waals surface area contributed by atoms with Gasteiger partial charge >= 0.3 is 0 Å². The highest BCUT2D eigenvalue weighted by atomic mass is 79.9. The maximum atomic E-state index is 11.9. The van der Waals surface area contributed by atoms with Crippen molar-refractivity contribution in [3.63, 3.8) is 0 Å². The Hall–Kier alpha value is -1.93. The first-order chi connectivity index (χ1) is 11.8. The van der Waals surface area contributed by atoms with Gasteiger partial charge in [0, 0.05) is 16.2 Å². The lowest BCUT2D eigenvalue weighted by Crippen LogP contribution is -2.43. The number of aryl methyl sites for hydroxylation is 1. The largest absolute Gasteiger partial charge is 0.352 e. The molecule has 8 heteroatoms. The third-order valence-corrected chi connectivity index (χ3v) is 4.17. The number of carbonyl (C=O) groups is 3. The number of anilines is 1. The molecule has 0 unspecified atom stereocenters. The zero-order chi connectivity index (χ0) is 18.4. The van der Waals surface area contributed by atoms with Gasteiger partial charge in [-0.1, -0.05) is 15.9 Å². The van der Waals surface area contributed by atoms with Gasteiger partial charge in [-0.2, -0.15) is 0 Å². The maximum absolute atomic E-state index is 11.9. The van der Waals surface area contributed by atoms with E-state index < -0.39 is 0 Å². The number of nitrogens with one attached hydrogen (secondary N) is 3. The minimum absolute atomic E-state index is 0.0582. The summed E-state index contributed by atoms with van der Waals surface area (Å²) in [6, 6.07) is 5.84. The molecule has 3 N–H and O–H groups in total. The Bertz CT molecular complexity index is 661.